The number of aromatic amines is 1. The van der Waals surface area contributed by atoms with Gasteiger partial charge in [0.15, 0.2) is 0 Å². The molecule has 0 fully saturated rings. The lowest BCUT2D eigenvalue weighted by Crippen LogP contribution is -2.46. The van der Waals surface area contributed by atoms with Gasteiger partial charge in [0.1, 0.15) is 0 Å². The number of likely N-dealkylation sites (N-methyl/N-ethyl adjacent to an activating group) is 1. The largest absolute Gasteiger partial charge is 0.311 e. The van der Waals surface area contributed by atoms with Crippen molar-refractivity contribution < 1.29 is 0 Å². The molecule has 0 amide bonds. The highest BCUT2D eigenvalue weighted by atomic mass is 32.1. The number of rotatable bonds is 6. The second-order valence-electron chi connectivity index (χ2n) is 5.56. The molecule has 0 aliphatic heterocycles. The molecular formula is C14H22N4S. The van der Waals surface area contributed by atoms with E-state index in [-0.39, 0.29) is 5.54 Å². The fraction of sp³-hybridized carbons (Fsp3) is 0.500. The molecule has 5 heteroatoms. The molecule has 0 atom stereocenters. The van der Waals surface area contributed by atoms with Crippen molar-refractivity contribution in [1.29, 1.82) is 0 Å². The van der Waals surface area contributed by atoms with Gasteiger partial charge in [-0.2, -0.15) is 5.10 Å². The van der Waals surface area contributed by atoms with Crippen molar-refractivity contribution in [3.05, 3.63) is 29.3 Å². The highest BCUT2D eigenvalue weighted by molar-refractivity contribution is 7.13. The standard InChI is InChI=1S/C14H22N4S/c1-14(2,18(3)4)10-15-8-11-9-16-17-13(11)12-6-5-7-19-12/h5-7,9,15H,8,10H2,1-4H3,(H,16,17). The first kappa shape index (κ1) is 14.2. The summed E-state index contributed by atoms with van der Waals surface area (Å²) in [4.78, 5) is 3.47. The predicted molar refractivity (Wildman–Crippen MR) is 81.4 cm³/mol. The molecule has 0 radical (unpaired) electrons. The Morgan fingerprint density at radius 3 is 2.84 bits per heavy atom. The van der Waals surface area contributed by atoms with E-state index >= 15 is 0 Å². The second kappa shape index (κ2) is 5.86. The van der Waals surface area contributed by atoms with E-state index in [1.807, 2.05) is 6.20 Å². The fourth-order valence-corrected chi connectivity index (χ4v) is 2.50. The third-order valence-corrected chi connectivity index (χ3v) is 4.46. The maximum Gasteiger partial charge on any atom is 0.0794 e. The first-order valence-electron chi connectivity index (χ1n) is 6.45. The summed E-state index contributed by atoms with van der Waals surface area (Å²) >= 11 is 1.73. The van der Waals surface area contributed by atoms with E-state index in [9.17, 15) is 0 Å². The van der Waals surface area contributed by atoms with Crippen molar-refractivity contribution in [2.45, 2.75) is 25.9 Å². The Bertz CT molecular complexity index is 499. The molecule has 104 valence electrons. The van der Waals surface area contributed by atoms with Gasteiger partial charge in [-0.15, -0.1) is 11.3 Å². The summed E-state index contributed by atoms with van der Waals surface area (Å²) in [6, 6.07) is 4.18. The molecule has 2 rings (SSSR count). The van der Waals surface area contributed by atoms with Gasteiger partial charge in [0.2, 0.25) is 0 Å². The molecule has 2 aromatic heterocycles. The van der Waals surface area contributed by atoms with Crippen molar-refractivity contribution in [3.8, 4) is 10.6 Å². The van der Waals surface area contributed by atoms with E-state index in [1.54, 1.807) is 11.3 Å². The van der Waals surface area contributed by atoms with Gasteiger partial charge < -0.3 is 10.2 Å². The third-order valence-electron chi connectivity index (χ3n) is 3.57. The maximum absolute atomic E-state index is 4.16. The molecular weight excluding hydrogens is 256 g/mol. The van der Waals surface area contributed by atoms with Crippen molar-refractivity contribution >= 4 is 11.3 Å². The molecule has 2 heterocycles. The molecule has 2 aromatic rings. The van der Waals surface area contributed by atoms with Crippen LogP contribution >= 0.6 is 11.3 Å². The Labute approximate surface area is 118 Å². The second-order valence-corrected chi connectivity index (χ2v) is 6.51. The van der Waals surface area contributed by atoms with Crippen LogP contribution in [-0.2, 0) is 6.54 Å². The minimum atomic E-state index is 0.146. The number of aromatic nitrogens is 2. The SMILES string of the molecule is CN(C)C(C)(C)CNCc1cn[nH]c1-c1cccs1. The molecule has 4 nitrogen and oxygen atoms in total. The monoisotopic (exact) mass is 278 g/mol. The van der Waals surface area contributed by atoms with Crippen LogP contribution in [0.5, 0.6) is 0 Å². The molecule has 0 saturated carbocycles. The quantitative estimate of drug-likeness (QED) is 0.853. The zero-order valence-corrected chi connectivity index (χ0v) is 12.8. The van der Waals surface area contributed by atoms with Crippen LogP contribution in [0.2, 0.25) is 0 Å². The van der Waals surface area contributed by atoms with E-state index in [0.29, 0.717) is 0 Å². The first-order valence-corrected chi connectivity index (χ1v) is 7.33. The lowest BCUT2D eigenvalue weighted by Gasteiger charge is -2.32. The normalized spacial score (nSPS) is 12.3. The fourth-order valence-electron chi connectivity index (χ4n) is 1.74. The first-order chi connectivity index (χ1) is 9.00. The number of nitrogens with one attached hydrogen (secondary N) is 2. The smallest absolute Gasteiger partial charge is 0.0794 e. The average Bonchev–Trinajstić information content (AvgIpc) is 2.97. The maximum atomic E-state index is 4.16. The minimum absolute atomic E-state index is 0.146. The van der Waals surface area contributed by atoms with E-state index in [4.69, 9.17) is 0 Å². The summed E-state index contributed by atoms with van der Waals surface area (Å²) in [6.45, 7) is 6.24. The average molecular weight is 278 g/mol. The third kappa shape index (κ3) is 3.43. The Morgan fingerprint density at radius 1 is 1.42 bits per heavy atom. The van der Waals surface area contributed by atoms with Crippen LogP contribution in [0.15, 0.2) is 23.7 Å². The zero-order chi connectivity index (χ0) is 13.9. The van der Waals surface area contributed by atoms with Crippen molar-refractivity contribution in [1.82, 2.24) is 20.4 Å². The van der Waals surface area contributed by atoms with Crippen LogP contribution in [0.25, 0.3) is 10.6 Å². The van der Waals surface area contributed by atoms with Crippen molar-refractivity contribution in [2.24, 2.45) is 0 Å². The van der Waals surface area contributed by atoms with Crippen LogP contribution in [0.1, 0.15) is 19.4 Å². The van der Waals surface area contributed by atoms with Gasteiger partial charge in [-0.1, -0.05) is 6.07 Å². The lowest BCUT2D eigenvalue weighted by molar-refractivity contribution is 0.190. The van der Waals surface area contributed by atoms with Gasteiger partial charge in [0.05, 0.1) is 16.8 Å². The predicted octanol–water partition coefficient (Wildman–Crippen LogP) is 2.57. The highest BCUT2D eigenvalue weighted by Crippen LogP contribution is 2.25. The minimum Gasteiger partial charge on any atom is -0.311 e. The summed E-state index contributed by atoms with van der Waals surface area (Å²) < 4.78 is 0. The van der Waals surface area contributed by atoms with Crippen LogP contribution in [0.4, 0.5) is 0 Å². The highest BCUT2D eigenvalue weighted by Gasteiger charge is 2.19. The van der Waals surface area contributed by atoms with Gasteiger partial charge in [0, 0.05) is 24.2 Å². The van der Waals surface area contributed by atoms with E-state index in [2.05, 4.69) is 65.9 Å². The van der Waals surface area contributed by atoms with E-state index in [0.717, 1.165) is 18.8 Å². The molecule has 19 heavy (non-hydrogen) atoms. The Kier molecular flexibility index (Phi) is 4.39. The van der Waals surface area contributed by atoms with Gasteiger partial charge in [0.25, 0.3) is 0 Å². The van der Waals surface area contributed by atoms with Crippen LogP contribution in [0.3, 0.4) is 0 Å². The summed E-state index contributed by atoms with van der Waals surface area (Å²) in [5.74, 6) is 0. The zero-order valence-electron chi connectivity index (χ0n) is 12.0. The van der Waals surface area contributed by atoms with Crippen LogP contribution < -0.4 is 5.32 Å². The number of thiophene rings is 1. The topological polar surface area (TPSA) is 44.0 Å². The molecule has 0 unspecified atom stereocenters. The summed E-state index contributed by atoms with van der Waals surface area (Å²) in [6.07, 6.45) is 1.91. The van der Waals surface area contributed by atoms with Gasteiger partial charge in [-0.05, 0) is 39.4 Å². The molecule has 0 saturated heterocycles. The summed E-state index contributed by atoms with van der Waals surface area (Å²) in [5, 5.41) is 12.8. The molecule has 0 aromatic carbocycles. The molecule has 0 spiro atoms. The lowest BCUT2D eigenvalue weighted by atomic mass is 10.0. The Hall–Kier alpha value is -1.17. The number of hydrogen-bond donors (Lipinski definition) is 2. The Morgan fingerprint density at radius 2 is 2.21 bits per heavy atom. The number of hydrogen-bond acceptors (Lipinski definition) is 4. The number of nitrogens with zero attached hydrogens (tertiary/aromatic N) is 2. The van der Waals surface area contributed by atoms with Crippen molar-refractivity contribution in [3.63, 3.8) is 0 Å². The summed E-state index contributed by atoms with van der Waals surface area (Å²) in [7, 11) is 4.22. The molecule has 2 N–H and O–H groups in total. The molecule has 0 aliphatic rings. The Balaban J connectivity index is 1.96. The van der Waals surface area contributed by atoms with Crippen molar-refractivity contribution in [2.75, 3.05) is 20.6 Å². The van der Waals surface area contributed by atoms with E-state index < -0.39 is 0 Å². The van der Waals surface area contributed by atoms with Gasteiger partial charge >= 0.3 is 0 Å². The van der Waals surface area contributed by atoms with Gasteiger partial charge in [-0.25, -0.2) is 0 Å². The van der Waals surface area contributed by atoms with E-state index in [1.165, 1.54) is 10.4 Å². The molecule has 0 bridgehead atoms. The summed E-state index contributed by atoms with van der Waals surface area (Å²) in [5.41, 5.74) is 2.49. The van der Waals surface area contributed by atoms with Crippen LogP contribution in [0, 0.1) is 0 Å². The van der Waals surface area contributed by atoms with Gasteiger partial charge in [-0.3, -0.25) is 5.10 Å². The van der Waals surface area contributed by atoms with Crippen LogP contribution in [-0.4, -0.2) is 41.3 Å². The number of H-pyrrole nitrogens is 1. The molecule has 0 aliphatic carbocycles.